The average Bonchev–Trinajstić information content (AvgIpc) is 3.97. The van der Waals surface area contributed by atoms with Crippen molar-refractivity contribution in [3.05, 3.63) is 194 Å². The Morgan fingerprint density at radius 1 is 0.218 bits per heavy atom. The normalized spacial score (nSPS) is 11.6. The van der Waals surface area contributed by atoms with Gasteiger partial charge in [0.05, 0.1) is 0 Å². The molecule has 0 aliphatic rings. The largest absolute Gasteiger partial charge is 0.135 e. The van der Waals surface area contributed by atoms with Gasteiger partial charge >= 0.3 is 0 Å². The molecule has 11 rings (SSSR count). The summed E-state index contributed by atoms with van der Waals surface area (Å²) < 4.78 is 5.40. The van der Waals surface area contributed by atoms with Gasteiger partial charge in [0.2, 0.25) is 0 Å². The zero-order valence-electron chi connectivity index (χ0n) is 29.7. The van der Waals surface area contributed by atoms with Crippen LogP contribution in [0.5, 0.6) is 0 Å². The number of benzene rings is 8. The van der Waals surface area contributed by atoms with Gasteiger partial charge in [0.25, 0.3) is 0 Å². The maximum Gasteiger partial charge on any atom is 0.0369 e. The van der Waals surface area contributed by atoms with Crippen molar-refractivity contribution >= 4 is 74.4 Å². The molecule has 8 aromatic carbocycles. The fourth-order valence-corrected chi connectivity index (χ4v) is 11.2. The van der Waals surface area contributed by atoms with Gasteiger partial charge in [-0.15, -0.1) is 34.0 Å². The van der Waals surface area contributed by atoms with Crippen LogP contribution < -0.4 is 0 Å². The molecular weight excluding hydrogens is 721 g/mol. The smallest absolute Gasteiger partial charge is 0.0369 e. The van der Waals surface area contributed by atoms with Crippen LogP contribution >= 0.6 is 34.0 Å². The predicted molar refractivity (Wildman–Crippen MR) is 243 cm³/mol. The van der Waals surface area contributed by atoms with E-state index in [2.05, 4.69) is 194 Å². The highest BCUT2D eigenvalue weighted by molar-refractivity contribution is 7.27. The van der Waals surface area contributed by atoms with Crippen LogP contribution in [0, 0.1) is 0 Å². The van der Waals surface area contributed by atoms with E-state index in [4.69, 9.17) is 0 Å². The molecule has 0 aliphatic carbocycles. The van der Waals surface area contributed by atoms with Crippen molar-refractivity contribution in [3.63, 3.8) is 0 Å². The monoisotopic (exact) mass is 752 g/mol. The highest BCUT2D eigenvalue weighted by Crippen LogP contribution is 2.44. The van der Waals surface area contributed by atoms with E-state index in [1.807, 2.05) is 34.0 Å². The van der Waals surface area contributed by atoms with Crippen LogP contribution in [0.15, 0.2) is 194 Å². The van der Waals surface area contributed by atoms with Gasteiger partial charge in [0.1, 0.15) is 0 Å². The lowest BCUT2D eigenvalue weighted by molar-refractivity contribution is 1.59. The molecule has 3 heteroatoms. The van der Waals surface area contributed by atoms with Gasteiger partial charge in [-0.2, -0.15) is 0 Å². The molecule has 0 amide bonds. The zero-order chi connectivity index (χ0) is 36.3. The molecule has 0 aliphatic heterocycles. The van der Waals surface area contributed by atoms with E-state index in [0.29, 0.717) is 0 Å². The molecule has 258 valence electrons. The molecule has 3 heterocycles. The highest BCUT2D eigenvalue weighted by atomic mass is 32.1. The van der Waals surface area contributed by atoms with Crippen molar-refractivity contribution in [3.8, 4) is 65.4 Å². The fourth-order valence-electron chi connectivity index (χ4n) is 7.75. The first kappa shape index (κ1) is 32.3. The second kappa shape index (κ2) is 13.3. The molecule has 3 aromatic heterocycles. The van der Waals surface area contributed by atoms with Crippen LogP contribution in [0.3, 0.4) is 0 Å². The van der Waals surface area contributed by atoms with E-state index >= 15 is 0 Å². The minimum absolute atomic E-state index is 1.24. The summed E-state index contributed by atoms with van der Waals surface area (Å²) in [6.45, 7) is 0. The van der Waals surface area contributed by atoms with E-state index in [0.717, 1.165) is 0 Å². The number of hydrogen-bond donors (Lipinski definition) is 0. The summed E-state index contributed by atoms with van der Waals surface area (Å²) >= 11 is 5.69. The maximum atomic E-state index is 2.41. The topological polar surface area (TPSA) is 0 Å². The lowest BCUT2D eigenvalue weighted by Gasteiger charge is -2.06. The predicted octanol–water partition coefficient (Wildman–Crippen LogP) is 16.5. The Morgan fingerprint density at radius 2 is 0.509 bits per heavy atom. The maximum absolute atomic E-state index is 2.41. The van der Waals surface area contributed by atoms with Crippen LogP contribution in [0.2, 0.25) is 0 Å². The molecular formula is C52H32S3. The van der Waals surface area contributed by atoms with Crippen LogP contribution in [0.25, 0.3) is 106 Å². The van der Waals surface area contributed by atoms with Gasteiger partial charge in [-0.3, -0.25) is 0 Å². The van der Waals surface area contributed by atoms with Gasteiger partial charge < -0.3 is 0 Å². The standard InChI is InChI=1S/C52H32S3/c1-3-7-33(8-4-1)35-11-15-37(16-12-35)39-19-23-41(24-20-39)47-29-43-27-45-46-28-44-30-48(54-50(44)32-52(46)55-51(45)31-49(43)53-47)42-25-21-40(22-26-42)38-17-13-36(14-18-38)34-9-5-2-6-10-34/h1-32H. The zero-order valence-corrected chi connectivity index (χ0v) is 32.1. The Kier molecular flexibility index (Phi) is 7.84. The molecule has 0 atom stereocenters. The average molecular weight is 753 g/mol. The Morgan fingerprint density at radius 3 is 0.836 bits per heavy atom. The summed E-state index contributed by atoms with van der Waals surface area (Å²) in [6.07, 6.45) is 0. The Bertz CT molecular complexity index is 2910. The van der Waals surface area contributed by atoms with E-state index in [1.165, 1.54) is 106 Å². The third-order valence-electron chi connectivity index (χ3n) is 10.7. The molecule has 0 fully saturated rings. The molecule has 0 N–H and O–H groups in total. The van der Waals surface area contributed by atoms with E-state index in [1.54, 1.807) is 0 Å². The molecule has 0 unspecified atom stereocenters. The van der Waals surface area contributed by atoms with Crippen molar-refractivity contribution < 1.29 is 0 Å². The number of thiophene rings is 3. The van der Waals surface area contributed by atoms with Crippen molar-refractivity contribution in [2.75, 3.05) is 0 Å². The Hall–Kier alpha value is -6.10. The Balaban J connectivity index is 0.851. The lowest BCUT2D eigenvalue weighted by Crippen LogP contribution is -1.81. The van der Waals surface area contributed by atoms with Crippen molar-refractivity contribution in [2.24, 2.45) is 0 Å². The van der Waals surface area contributed by atoms with Gasteiger partial charge in [0, 0.05) is 39.3 Å². The SMILES string of the molecule is c1ccc(-c2ccc(-c3ccc(-c4cc5cc6c(cc5s4)sc4cc5sc(-c7ccc(-c8ccc(-c9ccccc9)cc8)cc7)cc5cc46)cc3)cc2)cc1. The summed E-state index contributed by atoms with van der Waals surface area (Å²) in [5, 5.41) is 5.33. The van der Waals surface area contributed by atoms with E-state index in [9.17, 15) is 0 Å². The molecule has 0 radical (unpaired) electrons. The summed E-state index contributed by atoms with van der Waals surface area (Å²) in [6, 6.07) is 71.3. The second-order valence-electron chi connectivity index (χ2n) is 14.1. The first-order valence-electron chi connectivity index (χ1n) is 18.5. The minimum atomic E-state index is 1.24. The van der Waals surface area contributed by atoms with Gasteiger partial charge in [-0.1, -0.05) is 158 Å². The molecule has 55 heavy (non-hydrogen) atoms. The fraction of sp³-hybridized carbons (Fsp3) is 0. The van der Waals surface area contributed by atoms with Crippen LogP contribution in [-0.2, 0) is 0 Å². The summed E-state index contributed by atoms with van der Waals surface area (Å²) in [7, 11) is 0. The molecule has 0 saturated heterocycles. The van der Waals surface area contributed by atoms with Crippen LogP contribution in [0.1, 0.15) is 0 Å². The molecule has 0 bridgehead atoms. The van der Waals surface area contributed by atoms with Crippen molar-refractivity contribution in [1.29, 1.82) is 0 Å². The van der Waals surface area contributed by atoms with E-state index < -0.39 is 0 Å². The van der Waals surface area contributed by atoms with E-state index in [-0.39, 0.29) is 0 Å². The molecule has 0 saturated carbocycles. The highest BCUT2D eigenvalue weighted by Gasteiger charge is 2.14. The quantitative estimate of drug-likeness (QED) is 0.159. The van der Waals surface area contributed by atoms with Gasteiger partial charge in [-0.05, 0) is 103 Å². The number of fused-ring (bicyclic) bond motifs is 5. The Labute approximate surface area is 331 Å². The first-order valence-corrected chi connectivity index (χ1v) is 21.0. The molecule has 11 aromatic rings. The third kappa shape index (κ3) is 5.98. The minimum Gasteiger partial charge on any atom is -0.135 e. The van der Waals surface area contributed by atoms with Crippen LogP contribution in [0.4, 0.5) is 0 Å². The van der Waals surface area contributed by atoms with Crippen LogP contribution in [-0.4, -0.2) is 0 Å². The van der Waals surface area contributed by atoms with Gasteiger partial charge in [0.15, 0.2) is 0 Å². The first-order chi connectivity index (χ1) is 27.2. The third-order valence-corrected chi connectivity index (χ3v) is 14.1. The molecule has 0 nitrogen and oxygen atoms in total. The summed E-state index contributed by atoms with van der Waals surface area (Å²) in [4.78, 5) is 2.62. The van der Waals surface area contributed by atoms with Crippen molar-refractivity contribution in [1.82, 2.24) is 0 Å². The van der Waals surface area contributed by atoms with Crippen molar-refractivity contribution in [2.45, 2.75) is 0 Å². The number of hydrogen-bond acceptors (Lipinski definition) is 3. The number of rotatable bonds is 6. The summed E-state index contributed by atoms with van der Waals surface area (Å²) in [5.74, 6) is 0. The lowest BCUT2D eigenvalue weighted by atomic mass is 9.99. The van der Waals surface area contributed by atoms with Gasteiger partial charge in [-0.25, -0.2) is 0 Å². The summed E-state index contributed by atoms with van der Waals surface area (Å²) in [5.41, 5.74) is 12.5. The second-order valence-corrected chi connectivity index (χ2v) is 17.4. The molecule has 0 spiro atoms.